The molecule has 0 radical (unpaired) electrons. The molecule has 0 spiro atoms. The van der Waals surface area contributed by atoms with Crippen molar-refractivity contribution in [3.8, 4) is 5.75 Å². The molecule has 0 unspecified atom stereocenters. The highest BCUT2D eigenvalue weighted by Crippen LogP contribution is 2.37. The molecular formula is C12H16ClNO3. The zero-order valence-electron chi connectivity index (χ0n) is 9.30. The molecule has 4 N–H and O–H groups in total. The summed E-state index contributed by atoms with van der Waals surface area (Å²) in [5, 5.41) is 18.3. The van der Waals surface area contributed by atoms with Crippen LogP contribution in [0.4, 0.5) is 0 Å². The molecule has 1 saturated carbocycles. The first kappa shape index (κ1) is 13.8. The molecule has 0 aliphatic heterocycles. The minimum Gasteiger partial charge on any atom is -0.507 e. The molecular weight excluding hydrogens is 242 g/mol. The lowest BCUT2D eigenvalue weighted by Crippen LogP contribution is -2.26. The van der Waals surface area contributed by atoms with Crippen LogP contribution in [-0.2, 0) is 0 Å². The van der Waals surface area contributed by atoms with Gasteiger partial charge in [0.25, 0.3) is 0 Å². The molecule has 4 nitrogen and oxygen atoms in total. The largest absolute Gasteiger partial charge is 0.507 e. The summed E-state index contributed by atoms with van der Waals surface area (Å²) in [4.78, 5) is 10.8. The molecule has 17 heavy (non-hydrogen) atoms. The fourth-order valence-electron chi connectivity index (χ4n) is 2.00. The minimum absolute atomic E-state index is 0. The number of hydrogen-bond acceptors (Lipinski definition) is 3. The van der Waals surface area contributed by atoms with E-state index in [9.17, 15) is 9.90 Å². The molecule has 1 aliphatic carbocycles. The molecule has 0 saturated heterocycles. The van der Waals surface area contributed by atoms with E-state index in [-0.39, 0.29) is 29.8 Å². The quantitative estimate of drug-likeness (QED) is 0.776. The van der Waals surface area contributed by atoms with Crippen molar-refractivity contribution in [2.24, 2.45) is 11.7 Å². The van der Waals surface area contributed by atoms with Gasteiger partial charge in [0.05, 0.1) is 0 Å². The van der Waals surface area contributed by atoms with Crippen molar-refractivity contribution in [3.05, 3.63) is 29.3 Å². The highest BCUT2D eigenvalue weighted by Gasteiger charge is 2.26. The molecule has 94 valence electrons. The number of phenols is 1. The van der Waals surface area contributed by atoms with Gasteiger partial charge < -0.3 is 15.9 Å². The van der Waals surface area contributed by atoms with Gasteiger partial charge >= 0.3 is 5.97 Å². The van der Waals surface area contributed by atoms with Gasteiger partial charge in [0.2, 0.25) is 0 Å². The Morgan fingerprint density at radius 1 is 1.41 bits per heavy atom. The number of aromatic carboxylic acids is 1. The molecule has 0 heterocycles. The van der Waals surface area contributed by atoms with E-state index >= 15 is 0 Å². The van der Waals surface area contributed by atoms with Gasteiger partial charge in [-0.05, 0) is 36.5 Å². The molecule has 2 rings (SSSR count). The van der Waals surface area contributed by atoms with Crippen molar-refractivity contribution in [3.63, 3.8) is 0 Å². The first-order chi connectivity index (χ1) is 7.59. The normalized spacial score (nSPS) is 16.8. The van der Waals surface area contributed by atoms with E-state index in [4.69, 9.17) is 10.8 Å². The molecule has 1 atom stereocenters. The number of carboxylic acids is 1. The van der Waals surface area contributed by atoms with Crippen molar-refractivity contribution in [2.75, 3.05) is 0 Å². The second kappa shape index (κ2) is 5.38. The summed E-state index contributed by atoms with van der Waals surface area (Å²) >= 11 is 0. The molecule has 0 bridgehead atoms. The van der Waals surface area contributed by atoms with Crippen LogP contribution in [0, 0.1) is 5.92 Å². The summed E-state index contributed by atoms with van der Waals surface area (Å²) in [5.41, 5.74) is 6.76. The van der Waals surface area contributed by atoms with Crippen molar-refractivity contribution >= 4 is 18.4 Å². The average molecular weight is 258 g/mol. The van der Waals surface area contributed by atoms with Crippen LogP contribution in [0.5, 0.6) is 5.75 Å². The lowest BCUT2D eigenvalue weighted by Gasteiger charge is -2.31. The van der Waals surface area contributed by atoms with Gasteiger partial charge in [0.1, 0.15) is 11.3 Å². The van der Waals surface area contributed by atoms with Crippen LogP contribution in [0.2, 0.25) is 0 Å². The zero-order valence-corrected chi connectivity index (χ0v) is 10.1. The standard InChI is InChI=1S/C12H15NO3.ClH/c13-11(7-2-1-3-7)8-4-5-10(14)9(6-8)12(15)16;/h4-7,11,14H,1-3,13H2,(H,15,16);1H/t11-;/m0./s1. The van der Waals surface area contributed by atoms with E-state index in [1.807, 2.05) is 0 Å². The summed E-state index contributed by atoms with van der Waals surface area (Å²) in [6, 6.07) is 4.45. The third kappa shape index (κ3) is 2.70. The summed E-state index contributed by atoms with van der Waals surface area (Å²) in [6.07, 6.45) is 3.40. The Kier molecular flexibility index (Phi) is 4.37. The Hall–Kier alpha value is -1.26. The lowest BCUT2D eigenvalue weighted by molar-refractivity contribution is 0.0693. The van der Waals surface area contributed by atoms with Gasteiger partial charge in [-0.3, -0.25) is 0 Å². The number of aromatic hydroxyl groups is 1. The third-order valence-corrected chi connectivity index (χ3v) is 3.29. The van der Waals surface area contributed by atoms with E-state index in [1.54, 1.807) is 6.07 Å². The van der Waals surface area contributed by atoms with Crippen molar-refractivity contribution in [2.45, 2.75) is 25.3 Å². The van der Waals surface area contributed by atoms with Crippen molar-refractivity contribution in [1.82, 2.24) is 0 Å². The first-order valence-corrected chi connectivity index (χ1v) is 5.41. The minimum atomic E-state index is -1.12. The molecule has 0 aromatic heterocycles. The number of rotatable bonds is 3. The average Bonchev–Trinajstić information content (AvgIpc) is 2.15. The van der Waals surface area contributed by atoms with Crippen LogP contribution in [-0.4, -0.2) is 16.2 Å². The summed E-state index contributed by atoms with van der Waals surface area (Å²) < 4.78 is 0. The number of carbonyl (C=O) groups is 1. The molecule has 5 heteroatoms. The van der Waals surface area contributed by atoms with Crippen LogP contribution in [0.1, 0.15) is 41.2 Å². The van der Waals surface area contributed by atoms with Crippen LogP contribution < -0.4 is 5.73 Å². The summed E-state index contributed by atoms with van der Waals surface area (Å²) in [6.45, 7) is 0. The number of halogens is 1. The van der Waals surface area contributed by atoms with E-state index in [0.717, 1.165) is 18.4 Å². The maximum atomic E-state index is 10.8. The lowest BCUT2D eigenvalue weighted by atomic mass is 9.77. The number of benzene rings is 1. The van der Waals surface area contributed by atoms with Crippen LogP contribution >= 0.6 is 12.4 Å². The Morgan fingerprint density at radius 3 is 2.53 bits per heavy atom. The third-order valence-electron chi connectivity index (χ3n) is 3.29. The number of nitrogens with two attached hydrogens (primary N) is 1. The molecule has 1 aromatic rings. The molecule has 1 fully saturated rings. The maximum absolute atomic E-state index is 10.8. The maximum Gasteiger partial charge on any atom is 0.339 e. The number of hydrogen-bond donors (Lipinski definition) is 3. The zero-order chi connectivity index (χ0) is 11.7. The monoisotopic (exact) mass is 257 g/mol. The van der Waals surface area contributed by atoms with Gasteiger partial charge in [-0.1, -0.05) is 12.5 Å². The smallest absolute Gasteiger partial charge is 0.339 e. The van der Waals surface area contributed by atoms with E-state index in [1.165, 1.54) is 18.6 Å². The van der Waals surface area contributed by atoms with E-state index in [0.29, 0.717) is 5.92 Å². The Morgan fingerprint density at radius 2 is 2.06 bits per heavy atom. The predicted molar refractivity (Wildman–Crippen MR) is 66.6 cm³/mol. The Labute approximate surface area is 106 Å². The van der Waals surface area contributed by atoms with Crippen molar-refractivity contribution < 1.29 is 15.0 Å². The van der Waals surface area contributed by atoms with Gasteiger partial charge in [-0.25, -0.2) is 4.79 Å². The summed E-state index contributed by atoms with van der Waals surface area (Å²) in [5.74, 6) is -0.886. The Balaban J connectivity index is 0.00000144. The molecule has 1 aliphatic rings. The van der Waals surface area contributed by atoms with Crippen LogP contribution in [0.3, 0.4) is 0 Å². The first-order valence-electron chi connectivity index (χ1n) is 5.41. The van der Waals surface area contributed by atoms with Gasteiger partial charge in [0.15, 0.2) is 0 Å². The highest BCUT2D eigenvalue weighted by atomic mass is 35.5. The second-order valence-electron chi connectivity index (χ2n) is 4.30. The topological polar surface area (TPSA) is 83.5 Å². The highest BCUT2D eigenvalue weighted by molar-refractivity contribution is 5.90. The van der Waals surface area contributed by atoms with Crippen LogP contribution in [0.25, 0.3) is 0 Å². The fraction of sp³-hybridized carbons (Fsp3) is 0.417. The van der Waals surface area contributed by atoms with Gasteiger partial charge in [-0.2, -0.15) is 0 Å². The van der Waals surface area contributed by atoms with Crippen molar-refractivity contribution in [1.29, 1.82) is 0 Å². The SMILES string of the molecule is Cl.N[C@H](c1ccc(O)c(C(=O)O)c1)C1CCC1. The second-order valence-corrected chi connectivity index (χ2v) is 4.30. The number of carboxylic acid groups (broad SMARTS) is 1. The van der Waals surface area contributed by atoms with Crippen LogP contribution in [0.15, 0.2) is 18.2 Å². The van der Waals surface area contributed by atoms with Gasteiger partial charge in [-0.15, -0.1) is 12.4 Å². The van der Waals surface area contributed by atoms with Gasteiger partial charge in [0, 0.05) is 6.04 Å². The van der Waals surface area contributed by atoms with E-state index < -0.39 is 5.97 Å². The predicted octanol–water partition coefficient (Wildman–Crippen LogP) is 2.31. The molecule has 0 amide bonds. The van der Waals surface area contributed by atoms with E-state index in [2.05, 4.69) is 0 Å². The fourth-order valence-corrected chi connectivity index (χ4v) is 2.00. The Bertz CT molecular complexity index is 418. The summed E-state index contributed by atoms with van der Waals surface area (Å²) in [7, 11) is 0. The molecule has 1 aromatic carbocycles.